The highest BCUT2D eigenvalue weighted by Gasteiger charge is 2.28. The summed E-state index contributed by atoms with van der Waals surface area (Å²) in [6.07, 6.45) is 13.6. The van der Waals surface area contributed by atoms with Gasteiger partial charge in [0.25, 0.3) is 0 Å². The zero-order valence-corrected chi connectivity index (χ0v) is 14.1. The number of hydrogen-bond acceptors (Lipinski definition) is 2. The Bertz CT molecular complexity index is 408. The normalized spacial score (nSPS) is 24.0. The van der Waals surface area contributed by atoms with E-state index in [0.717, 1.165) is 18.4 Å². The van der Waals surface area contributed by atoms with Gasteiger partial charge in [-0.15, -0.1) is 0 Å². The number of hydrogen-bond donors (Lipinski definition) is 1. The van der Waals surface area contributed by atoms with E-state index in [9.17, 15) is 0 Å². The number of aromatic nitrogens is 1. The molecule has 1 fully saturated rings. The van der Waals surface area contributed by atoms with E-state index in [-0.39, 0.29) is 0 Å². The molecular weight excluding hydrogens is 256 g/mol. The summed E-state index contributed by atoms with van der Waals surface area (Å²) in [5, 5.41) is 3.79. The first-order chi connectivity index (χ1) is 10.2. The average molecular weight is 288 g/mol. The largest absolute Gasteiger partial charge is 0.310 e. The monoisotopic (exact) mass is 288 g/mol. The molecule has 2 nitrogen and oxygen atoms in total. The highest BCUT2D eigenvalue weighted by atomic mass is 14.9. The fourth-order valence-electron chi connectivity index (χ4n) is 3.82. The van der Waals surface area contributed by atoms with E-state index >= 15 is 0 Å². The first kappa shape index (κ1) is 16.5. The molecule has 1 aliphatic rings. The van der Waals surface area contributed by atoms with Gasteiger partial charge in [0.2, 0.25) is 0 Å². The minimum absolute atomic E-state index is 0.500. The van der Waals surface area contributed by atoms with Gasteiger partial charge in [0, 0.05) is 18.4 Å². The quantitative estimate of drug-likeness (QED) is 0.760. The molecule has 1 saturated carbocycles. The second-order valence-corrected chi connectivity index (χ2v) is 6.80. The highest BCUT2D eigenvalue weighted by molar-refractivity contribution is 5.21. The third-order valence-electron chi connectivity index (χ3n) is 4.93. The molecule has 2 rings (SSSR count). The molecule has 0 aromatic carbocycles. The van der Waals surface area contributed by atoms with Crippen LogP contribution < -0.4 is 5.32 Å². The SMILES string of the molecule is CCCNC(c1cncc(C)c1)C1CCC(CCC)CC1. The molecular formula is C19H32N2. The summed E-state index contributed by atoms with van der Waals surface area (Å²) in [4.78, 5) is 4.41. The van der Waals surface area contributed by atoms with Gasteiger partial charge in [0.05, 0.1) is 0 Å². The molecule has 0 amide bonds. The van der Waals surface area contributed by atoms with Gasteiger partial charge < -0.3 is 5.32 Å². The molecule has 0 radical (unpaired) electrons. The van der Waals surface area contributed by atoms with Crippen LogP contribution >= 0.6 is 0 Å². The predicted molar refractivity (Wildman–Crippen MR) is 90.4 cm³/mol. The van der Waals surface area contributed by atoms with Gasteiger partial charge in [-0.2, -0.15) is 0 Å². The van der Waals surface area contributed by atoms with E-state index < -0.39 is 0 Å². The Labute approximate surface area is 130 Å². The van der Waals surface area contributed by atoms with Crippen molar-refractivity contribution in [2.24, 2.45) is 11.8 Å². The number of nitrogens with zero attached hydrogens (tertiary/aromatic N) is 1. The second-order valence-electron chi connectivity index (χ2n) is 6.80. The maximum atomic E-state index is 4.41. The summed E-state index contributed by atoms with van der Waals surface area (Å²) in [6.45, 7) is 7.81. The Kier molecular flexibility index (Phi) is 6.69. The van der Waals surface area contributed by atoms with Crippen molar-refractivity contribution in [3.05, 3.63) is 29.6 Å². The van der Waals surface area contributed by atoms with Crippen LogP contribution in [0.1, 0.15) is 76.0 Å². The Morgan fingerprint density at radius 3 is 2.52 bits per heavy atom. The highest BCUT2D eigenvalue weighted by Crippen LogP contribution is 2.38. The molecule has 118 valence electrons. The van der Waals surface area contributed by atoms with Crippen molar-refractivity contribution >= 4 is 0 Å². The van der Waals surface area contributed by atoms with E-state index in [0.29, 0.717) is 6.04 Å². The molecule has 1 heterocycles. The first-order valence-electron chi connectivity index (χ1n) is 8.89. The minimum atomic E-state index is 0.500. The van der Waals surface area contributed by atoms with Crippen molar-refractivity contribution in [1.29, 1.82) is 0 Å². The molecule has 21 heavy (non-hydrogen) atoms. The molecule has 1 unspecified atom stereocenters. The summed E-state index contributed by atoms with van der Waals surface area (Å²) in [7, 11) is 0. The van der Waals surface area contributed by atoms with Crippen molar-refractivity contribution in [2.45, 2.75) is 71.8 Å². The van der Waals surface area contributed by atoms with E-state index in [1.165, 1.54) is 56.1 Å². The first-order valence-corrected chi connectivity index (χ1v) is 8.89. The van der Waals surface area contributed by atoms with Crippen LogP contribution in [0.4, 0.5) is 0 Å². The number of pyridine rings is 1. The number of nitrogens with one attached hydrogen (secondary N) is 1. The Balaban J connectivity index is 2.03. The van der Waals surface area contributed by atoms with E-state index in [1.807, 2.05) is 6.20 Å². The fourth-order valence-corrected chi connectivity index (χ4v) is 3.82. The summed E-state index contributed by atoms with van der Waals surface area (Å²) in [6, 6.07) is 2.82. The smallest absolute Gasteiger partial charge is 0.0364 e. The molecule has 0 bridgehead atoms. The lowest BCUT2D eigenvalue weighted by Crippen LogP contribution is -2.31. The maximum Gasteiger partial charge on any atom is 0.0364 e. The molecule has 2 heteroatoms. The summed E-state index contributed by atoms with van der Waals surface area (Å²) in [5.74, 6) is 1.77. The number of aryl methyl sites for hydroxylation is 1. The molecule has 1 aromatic heterocycles. The van der Waals surface area contributed by atoms with Gasteiger partial charge in [0.1, 0.15) is 0 Å². The molecule has 0 saturated heterocycles. The summed E-state index contributed by atoms with van der Waals surface area (Å²) < 4.78 is 0. The lowest BCUT2D eigenvalue weighted by atomic mass is 9.75. The van der Waals surface area contributed by atoms with Crippen LogP contribution in [-0.4, -0.2) is 11.5 Å². The summed E-state index contributed by atoms with van der Waals surface area (Å²) in [5.41, 5.74) is 2.66. The van der Waals surface area contributed by atoms with Crippen LogP contribution in [0.25, 0.3) is 0 Å². The molecule has 1 atom stereocenters. The van der Waals surface area contributed by atoms with Gasteiger partial charge in [-0.25, -0.2) is 0 Å². The Hall–Kier alpha value is -0.890. The predicted octanol–water partition coefficient (Wildman–Crippen LogP) is 5.04. The van der Waals surface area contributed by atoms with Gasteiger partial charge in [-0.1, -0.05) is 45.6 Å². The molecule has 1 aliphatic carbocycles. The van der Waals surface area contributed by atoms with Gasteiger partial charge in [-0.3, -0.25) is 4.98 Å². The maximum absolute atomic E-state index is 4.41. The van der Waals surface area contributed by atoms with E-state index in [4.69, 9.17) is 0 Å². The van der Waals surface area contributed by atoms with Gasteiger partial charge in [-0.05, 0) is 55.7 Å². The minimum Gasteiger partial charge on any atom is -0.310 e. The Morgan fingerprint density at radius 1 is 1.14 bits per heavy atom. The zero-order valence-electron chi connectivity index (χ0n) is 14.1. The van der Waals surface area contributed by atoms with Crippen LogP contribution in [0.2, 0.25) is 0 Å². The molecule has 0 spiro atoms. The van der Waals surface area contributed by atoms with Crippen molar-refractivity contribution < 1.29 is 0 Å². The van der Waals surface area contributed by atoms with Crippen LogP contribution in [0.3, 0.4) is 0 Å². The Morgan fingerprint density at radius 2 is 1.90 bits per heavy atom. The standard InChI is InChI=1S/C19H32N2/c1-4-6-16-7-9-17(10-8-16)19(21-11-5-2)18-12-15(3)13-20-14-18/h12-14,16-17,19,21H,4-11H2,1-3H3. The van der Waals surface area contributed by atoms with Crippen LogP contribution in [0.15, 0.2) is 18.5 Å². The molecule has 1 N–H and O–H groups in total. The van der Waals surface area contributed by atoms with E-state index in [1.54, 1.807) is 0 Å². The van der Waals surface area contributed by atoms with Gasteiger partial charge in [0.15, 0.2) is 0 Å². The zero-order chi connectivity index (χ0) is 15.1. The van der Waals surface area contributed by atoms with Crippen molar-refractivity contribution in [2.75, 3.05) is 6.54 Å². The fraction of sp³-hybridized carbons (Fsp3) is 0.737. The van der Waals surface area contributed by atoms with Crippen molar-refractivity contribution in [3.8, 4) is 0 Å². The van der Waals surface area contributed by atoms with Crippen molar-refractivity contribution in [1.82, 2.24) is 10.3 Å². The molecule has 1 aromatic rings. The van der Waals surface area contributed by atoms with Crippen LogP contribution in [-0.2, 0) is 0 Å². The topological polar surface area (TPSA) is 24.9 Å². The average Bonchev–Trinajstić information content (AvgIpc) is 2.50. The third-order valence-corrected chi connectivity index (χ3v) is 4.93. The lowest BCUT2D eigenvalue weighted by Gasteiger charge is -2.34. The van der Waals surface area contributed by atoms with Crippen LogP contribution in [0.5, 0.6) is 0 Å². The number of rotatable bonds is 7. The second kappa shape index (κ2) is 8.53. The third kappa shape index (κ3) is 4.81. The summed E-state index contributed by atoms with van der Waals surface area (Å²) >= 11 is 0. The van der Waals surface area contributed by atoms with Gasteiger partial charge >= 0.3 is 0 Å². The molecule has 0 aliphatic heterocycles. The van der Waals surface area contributed by atoms with Crippen LogP contribution in [0, 0.1) is 18.8 Å². The lowest BCUT2D eigenvalue weighted by molar-refractivity contribution is 0.214. The van der Waals surface area contributed by atoms with Crippen molar-refractivity contribution in [3.63, 3.8) is 0 Å². The van der Waals surface area contributed by atoms with E-state index in [2.05, 4.69) is 43.3 Å².